The van der Waals surface area contributed by atoms with Crippen LogP contribution in [0.5, 0.6) is 0 Å². The second-order valence-corrected chi connectivity index (χ2v) is 25.0. The lowest BCUT2D eigenvalue weighted by Crippen LogP contribution is -2.45. The zero-order valence-electron chi connectivity index (χ0n) is 58.7. The van der Waals surface area contributed by atoms with E-state index < -0.39 is 297 Å². The third kappa shape index (κ3) is 38.6. The molecule has 3 aliphatic carbocycles. The zero-order chi connectivity index (χ0) is 87.6. The summed E-state index contributed by atoms with van der Waals surface area (Å²) in [4.78, 5) is 144. The van der Waals surface area contributed by atoms with Crippen molar-refractivity contribution in [2.45, 2.75) is 152 Å². The predicted octanol–water partition coefficient (Wildman–Crippen LogP) is 12.0. The summed E-state index contributed by atoms with van der Waals surface area (Å²) < 4.78 is 382. The first-order valence-electron chi connectivity index (χ1n) is 32.1. The van der Waals surface area contributed by atoms with Crippen LogP contribution in [0, 0.1) is 53.3 Å². The summed E-state index contributed by atoms with van der Waals surface area (Å²) in [6.07, 6.45) is -42.2. The fourth-order valence-corrected chi connectivity index (χ4v) is 9.81. The highest BCUT2D eigenvalue weighted by Gasteiger charge is 2.61. The van der Waals surface area contributed by atoms with Crippen molar-refractivity contribution < 1.29 is 229 Å². The minimum atomic E-state index is -6.14. The molecule has 0 radical (unpaired) electrons. The first-order chi connectivity index (χ1) is 51.2. The van der Waals surface area contributed by atoms with Gasteiger partial charge in [0.05, 0.1) is 53.3 Å². The van der Waals surface area contributed by atoms with Crippen molar-refractivity contribution in [3.63, 3.8) is 0 Å². The summed E-state index contributed by atoms with van der Waals surface area (Å²) in [5, 5.41) is 0. The van der Waals surface area contributed by atoms with Gasteiger partial charge in [0.1, 0.15) is 52.5 Å². The van der Waals surface area contributed by atoms with E-state index in [0.29, 0.717) is 0 Å². The summed E-state index contributed by atoms with van der Waals surface area (Å²) in [7, 11) is 0. The first-order valence-corrected chi connectivity index (χ1v) is 32.1. The summed E-state index contributed by atoms with van der Waals surface area (Å²) in [5.74, 6) is -49.8. The van der Waals surface area contributed by atoms with Gasteiger partial charge in [-0.2, -0.15) is 96.6 Å². The molecule has 50 heteroatoms. The Bertz CT molecular complexity index is 3310. The van der Waals surface area contributed by atoms with E-state index in [1.165, 1.54) is 20.8 Å². The van der Waals surface area contributed by atoms with Crippen LogP contribution < -0.4 is 0 Å². The van der Waals surface area contributed by atoms with E-state index in [1.54, 1.807) is 0 Å². The van der Waals surface area contributed by atoms with Crippen molar-refractivity contribution in [2.75, 3.05) is 79.3 Å². The molecule has 3 aliphatic rings. The Balaban J connectivity index is 0.000000853. The van der Waals surface area contributed by atoms with Crippen LogP contribution in [0.15, 0.2) is 36.5 Å². The van der Waals surface area contributed by atoms with E-state index in [0.717, 1.165) is 0 Å². The molecule has 9 atom stereocenters. The molecule has 0 saturated heterocycles. The fourth-order valence-electron chi connectivity index (χ4n) is 9.81. The number of hydrogen-bond acceptors (Lipinski definition) is 24. The van der Waals surface area contributed by atoms with E-state index in [1.807, 2.05) is 0 Å². The number of hydrogen-bond donors (Lipinski definition) is 0. The Morgan fingerprint density at radius 2 is 0.460 bits per heavy atom. The van der Waals surface area contributed by atoms with Crippen molar-refractivity contribution in [1.29, 1.82) is 0 Å². The van der Waals surface area contributed by atoms with Gasteiger partial charge >= 0.3 is 121 Å². The molecular formula is C63H70F26O24. The van der Waals surface area contributed by atoms with Gasteiger partial charge in [-0.25, -0.2) is 31.9 Å². The zero-order valence-corrected chi connectivity index (χ0v) is 58.7. The summed E-state index contributed by atoms with van der Waals surface area (Å²) >= 11 is 0. The average Bonchev–Trinajstić information content (AvgIpc) is 0.711. The van der Waals surface area contributed by atoms with Crippen molar-refractivity contribution in [2.24, 2.45) is 53.3 Å². The van der Waals surface area contributed by atoms with Crippen LogP contribution in [0.2, 0.25) is 0 Å². The van der Waals surface area contributed by atoms with Crippen LogP contribution in [0.1, 0.15) is 91.4 Å². The number of carbonyl (C=O) groups is 12. The molecule has 0 aromatic carbocycles. The van der Waals surface area contributed by atoms with Crippen molar-refractivity contribution in [3.05, 3.63) is 36.5 Å². The number of ether oxygens (including phenoxy) is 12. The summed E-state index contributed by atoms with van der Waals surface area (Å²) in [6, 6.07) is 0. The Labute approximate surface area is 620 Å². The number of esters is 12. The highest BCUT2D eigenvalue weighted by Crippen LogP contribution is 2.44. The molecule has 0 aromatic heterocycles. The molecule has 0 N–H and O–H groups in total. The van der Waals surface area contributed by atoms with Crippen LogP contribution in [0.25, 0.3) is 0 Å². The lowest BCUT2D eigenvalue weighted by molar-refractivity contribution is -0.295. The third-order valence-electron chi connectivity index (χ3n) is 15.2. The molecule has 0 aromatic rings. The lowest BCUT2D eigenvalue weighted by Gasteiger charge is -2.33. The largest absolute Gasteiger partial charge is 0.462 e. The van der Waals surface area contributed by atoms with Gasteiger partial charge in [-0.05, 0) is 78.6 Å². The minimum absolute atomic E-state index is 0.0165. The molecule has 3 saturated carbocycles. The molecular weight excluding hydrogens is 1630 g/mol. The van der Waals surface area contributed by atoms with Crippen LogP contribution >= 0.6 is 0 Å². The SMILES string of the molecule is C=C(C)C(=O)OCCOC(=O)C1CCC(C(=O)OCC(F)(F)C(F)(F)F)C(C(=O)OCC(F)(F)C(F)(F)F)C1.C=C(C)C(=O)OCCOC(=O)C1CCC(C(=O)OCC(F)(F)CC(F)(F)F)CC1C(=O)OCC(F)(F)CC(F)(F)F.C=C(C)C(=O)OCCOC(=O)C1CCC(C(=O)OCC(F)(F)F)C(C(=O)OCC(F)(F)F)C1. The molecule has 3 fully saturated rings. The molecule has 0 bridgehead atoms. The second-order valence-electron chi connectivity index (χ2n) is 25.0. The average molecular weight is 1710 g/mol. The summed E-state index contributed by atoms with van der Waals surface area (Å²) in [5.41, 5.74) is 0.150. The van der Waals surface area contributed by atoms with Gasteiger partial charge < -0.3 is 56.8 Å². The maximum Gasteiger partial charge on any atom is 0.456 e. The van der Waals surface area contributed by atoms with Gasteiger partial charge in [0, 0.05) is 16.7 Å². The van der Waals surface area contributed by atoms with Crippen molar-refractivity contribution >= 4 is 71.6 Å². The van der Waals surface area contributed by atoms with Crippen LogP contribution in [0.4, 0.5) is 114 Å². The van der Waals surface area contributed by atoms with Gasteiger partial charge in [-0.15, -0.1) is 0 Å². The smallest absolute Gasteiger partial charge is 0.456 e. The maximum atomic E-state index is 13.6. The Morgan fingerprint density at radius 3 is 0.699 bits per heavy atom. The number of carbonyl (C=O) groups excluding carboxylic acids is 12. The normalized spacial score (nSPS) is 20.5. The Hall–Kier alpha value is -8.96. The van der Waals surface area contributed by atoms with Gasteiger partial charge in [0.25, 0.3) is 11.8 Å². The molecule has 24 nitrogen and oxygen atoms in total. The van der Waals surface area contributed by atoms with E-state index in [4.69, 9.17) is 18.9 Å². The van der Waals surface area contributed by atoms with Gasteiger partial charge in [0.2, 0.25) is 0 Å². The monoisotopic (exact) mass is 1700 g/mol. The number of alkyl halides is 26. The third-order valence-corrected chi connectivity index (χ3v) is 15.2. The molecule has 9 unspecified atom stereocenters. The van der Waals surface area contributed by atoms with Crippen molar-refractivity contribution in [3.8, 4) is 0 Å². The van der Waals surface area contributed by atoms with E-state index in [-0.39, 0.29) is 55.6 Å². The molecule has 0 spiro atoms. The molecule has 113 heavy (non-hydrogen) atoms. The quantitative estimate of drug-likeness (QED) is 0.0194. The summed E-state index contributed by atoms with van der Waals surface area (Å²) in [6.45, 7) is -1.65. The first kappa shape index (κ1) is 102. The number of rotatable bonds is 33. The van der Waals surface area contributed by atoms with Gasteiger partial charge in [-0.1, -0.05) is 19.7 Å². The van der Waals surface area contributed by atoms with E-state index in [9.17, 15) is 172 Å². The molecule has 0 amide bonds. The molecule has 0 aliphatic heterocycles. The van der Waals surface area contributed by atoms with Crippen LogP contribution in [-0.2, 0) is 114 Å². The second kappa shape index (κ2) is 43.0. The highest BCUT2D eigenvalue weighted by molar-refractivity contribution is 5.89. The van der Waals surface area contributed by atoms with Crippen molar-refractivity contribution in [1.82, 2.24) is 0 Å². The minimum Gasteiger partial charge on any atom is -0.462 e. The number of halogens is 26. The Kier molecular flexibility index (Phi) is 38.8. The van der Waals surface area contributed by atoms with Crippen LogP contribution in [0.3, 0.4) is 0 Å². The predicted molar refractivity (Wildman–Crippen MR) is 314 cm³/mol. The highest BCUT2D eigenvalue weighted by atomic mass is 19.4. The Morgan fingerprint density at radius 1 is 0.257 bits per heavy atom. The van der Waals surface area contributed by atoms with E-state index in [2.05, 4.69) is 57.6 Å². The van der Waals surface area contributed by atoms with Gasteiger partial charge in [-0.3, -0.25) is 43.2 Å². The fraction of sp³-hybridized carbons (Fsp3) is 0.714. The topological polar surface area (TPSA) is 316 Å². The van der Waals surface area contributed by atoms with E-state index >= 15 is 0 Å². The van der Waals surface area contributed by atoms with Crippen LogP contribution in [-0.4, -0.2) is 212 Å². The molecule has 0 heterocycles. The maximum absolute atomic E-state index is 13.6. The standard InChI is InChI=1S/C23H26F10O8.C21H22F10O8.C19H22F6O8/c1-12(2)16(34)38-5-6-39-18(36)14-4-3-13(17(35)40-10-20(24,25)8-22(28,29)30)7-15(14)19(37)41-11-21(26,27)9-23(31,32)33;1-10(2)14(32)36-5-6-37-15(33)11-3-4-12(16(34)38-8-18(22,23)20(26,27)28)13(7-11)17(35)39-9-19(24,25)21(29,30)31;1-10(2)14(26)30-5-6-31-15(27)11-3-4-12(16(28)32-8-18(20,21)22)13(7-11)17(29)33-9-19(23,24)25/h13-15H,1,3-11H2,2H3;11-13H,1,3-9H2,2H3;11-13H,1,3-9H2,2H3. The van der Waals surface area contributed by atoms with Gasteiger partial charge in [0.15, 0.2) is 39.6 Å². The molecule has 648 valence electrons. The molecule has 3 rings (SSSR count). The lowest BCUT2D eigenvalue weighted by atomic mass is 9.74.